The summed E-state index contributed by atoms with van der Waals surface area (Å²) in [4.78, 5) is 0. The maximum atomic E-state index is 11.2. The van der Waals surface area contributed by atoms with Crippen molar-refractivity contribution in [3.8, 4) is 0 Å². The van der Waals surface area contributed by atoms with Crippen LogP contribution in [0.25, 0.3) is 11.0 Å². The van der Waals surface area contributed by atoms with Crippen LogP contribution in [0.5, 0.6) is 0 Å². The minimum atomic E-state index is -3.10. The predicted molar refractivity (Wildman–Crippen MR) is 67.6 cm³/mol. The first-order valence-corrected chi connectivity index (χ1v) is 7.35. The molecule has 1 atom stereocenters. The van der Waals surface area contributed by atoms with E-state index < -0.39 is 15.9 Å². The Morgan fingerprint density at radius 2 is 2.12 bits per heavy atom. The molecule has 2 aromatic rings. The van der Waals surface area contributed by atoms with E-state index in [1.807, 2.05) is 25.1 Å². The van der Waals surface area contributed by atoms with E-state index in [0.717, 1.165) is 16.5 Å². The molecule has 92 valence electrons. The molecule has 2 rings (SSSR count). The molecule has 17 heavy (non-hydrogen) atoms. The van der Waals surface area contributed by atoms with Crippen LogP contribution < -0.4 is 5.73 Å². The van der Waals surface area contributed by atoms with Gasteiger partial charge in [0.25, 0.3) is 0 Å². The minimum Gasteiger partial charge on any atom is -0.459 e. The molecular weight excluding hydrogens is 238 g/mol. The Labute approximate surface area is 100 Å². The lowest BCUT2D eigenvalue weighted by atomic mass is 10.1. The number of aryl methyl sites for hydroxylation is 1. The minimum absolute atomic E-state index is 0.105. The number of hydrogen-bond donors (Lipinski definition) is 1. The van der Waals surface area contributed by atoms with E-state index in [4.69, 9.17) is 10.2 Å². The predicted octanol–water partition coefficient (Wildman–Crippen LogP) is 1.79. The standard InChI is InChI=1S/C12H15NO3S/c1-8-4-3-5-9-6-11(16-12(8)9)10(13)7-17(2,14)15/h3-6,10H,7,13H2,1-2H3. The van der Waals surface area contributed by atoms with E-state index >= 15 is 0 Å². The smallest absolute Gasteiger partial charge is 0.149 e. The molecule has 0 fully saturated rings. The van der Waals surface area contributed by atoms with E-state index in [0.29, 0.717) is 5.76 Å². The lowest BCUT2D eigenvalue weighted by Gasteiger charge is -2.05. The summed E-state index contributed by atoms with van der Waals surface area (Å²) >= 11 is 0. The summed E-state index contributed by atoms with van der Waals surface area (Å²) in [5.41, 5.74) is 7.61. The average molecular weight is 253 g/mol. The second kappa shape index (κ2) is 4.16. The molecule has 0 bridgehead atoms. The number of benzene rings is 1. The Morgan fingerprint density at radius 1 is 1.41 bits per heavy atom. The molecule has 0 spiro atoms. The number of para-hydroxylation sites is 1. The summed E-state index contributed by atoms with van der Waals surface area (Å²) in [5, 5.41) is 0.948. The summed E-state index contributed by atoms with van der Waals surface area (Å²) < 4.78 is 28.0. The Morgan fingerprint density at radius 3 is 2.71 bits per heavy atom. The van der Waals surface area contributed by atoms with Crippen LogP contribution in [-0.2, 0) is 9.84 Å². The SMILES string of the molecule is Cc1cccc2cc(C(N)CS(C)(=O)=O)oc12. The number of rotatable bonds is 3. The largest absolute Gasteiger partial charge is 0.459 e. The Balaban J connectivity index is 2.40. The van der Waals surface area contributed by atoms with Crippen LogP contribution in [0.15, 0.2) is 28.7 Å². The van der Waals surface area contributed by atoms with Crippen molar-refractivity contribution in [2.75, 3.05) is 12.0 Å². The molecule has 1 heterocycles. The van der Waals surface area contributed by atoms with Gasteiger partial charge < -0.3 is 10.2 Å². The highest BCUT2D eigenvalue weighted by atomic mass is 32.2. The highest BCUT2D eigenvalue weighted by Crippen LogP contribution is 2.25. The second-order valence-corrected chi connectivity index (χ2v) is 6.53. The Hall–Kier alpha value is -1.33. The van der Waals surface area contributed by atoms with Gasteiger partial charge in [-0.15, -0.1) is 0 Å². The number of hydrogen-bond acceptors (Lipinski definition) is 4. The third kappa shape index (κ3) is 2.68. The first-order chi connectivity index (χ1) is 7.87. The van der Waals surface area contributed by atoms with Crippen LogP contribution in [0.1, 0.15) is 17.4 Å². The number of furan rings is 1. The summed E-state index contributed by atoms with van der Waals surface area (Å²) in [5.74, 6) is 0.408. The van der Waals surface area contributed by atoms with Gasteiger partial charge in [-0.1, -0.05) is 18.2 Å². The van der Waals surface area contributed by atoms with Crippen LogP contribution in [0.4, 0.5) is 0 Å². The molecule has 0 radical (unpaired) electrons. The summed E-state index contributed by atoms with van der Waals surface area (Å²) in [7, 11) is -3.10. The van der Waals surface area contributed by atoms with Crippen LogP contribution >= 0.6 is 0 Å². The number of sulfone groups is 1. The molecular formula is C12H15NO3S. The maximum absolute atomic E-state index is 11.2. The fourth-order valence-corrected chi connectivity index (χ4v) is 2.64. The van der Waals surface area contributed by atoms with Gasteiger partial charge in [0.2, 0.25) is 0 Å². The van der Waals surface area contributed by atoms with Crippen LogP contribution in [0.2, 0.25) is 0 Å². The van der Waals surface area contributed by atoms with Gasteiger partial charge in [-0.2, -0.15) is 0 Å². The summed E-state index contributed by atoms with van der Waals surface area (Å²) in [6.07, 6.45) is 1.17. The molecule has 2 N–H and O–H groups in total. The first kappa shape index (κ1) is 12.1. The third-order valence-corrected chi connectivity index (χ3v) is 3.57. The topological polar surface area (TPSA) is 73.3 Å². The molecule has 4 nitrogen and oxygen atoms in total. The molecule has 0 saturated heterocycles. The molecule has 0 aliphatic rings. The quantitative estimate of drug-likeness (QED) is 0.905. The van der Waals surface area contributed by atoms with Crippen LogP contribution in [0, 0.1) is 6.92 Å². The van der Waals surface area contributed by atoms with Gasteiger partial charge in [0.15, 0.2) is 0 Å². The van der Waals surface area contributed by atoms with Gasteiger partial charge >= 0.3 is 0 Å². The molecule has 0 aliphatic carbocycles. The molecule has 0 saturated carbocycles. The first-order valence-electron chi connectivity index (χ1n) is 5.29. The van der Waals surface area contributed by atoms with Crippen molar-refractivity contribution in [3.05, 3.63) is 35.6 Å². The van der Waals surface area contributed by atoms with Crippen molar-refractivity contribution in [2.45, 2.75) is 13.0 Å². The van der Waals surface area contributed by atoms with Gasteiger partial charge in [0.05, 0.1) is 11.8 Å². The van der Waals surface area contributed by atoms with E-state index in [2.05, 4.69) is 0 Å². The zero-order valence-electron chi connectivity index (χ0n) is 9.80. The van der Waals surface area contributed by atoms with Gasteiger partial charge in [-0.25, -0.2) is 8.42 Å². The van der Waals surface area contributed by atoms with Crippen molar-refractivity contribution >= 4 is 20.8 Å². The molecule has 0 amide bonds. The molecule has 1 unspecified atom stereocenters. The van der Waals surface area contributed by atoms with Gasteiger partial charge in [0.1, 0.15) is 21.2 Å². The van der Waals surface area contributed by atoms with E-state index in [1.165, 1.54) is 6.26 Å². The zero-order valence-corrected chi connectivity index (χ0v) is 10.6. The number of nitrogens with two attached hydrogens (primary N) is 1. The van der Waals surface area contributed by atoms with E-state index in [-0.39, 0.29) is 5.75 Å². The lowest BCUT2D eigenvalue weighted by Crippen LogP contribution is -2.20. The van der Waals surface area contributed by atoms with Crippen LogP contribution in [-0.4, -0.2) is 20.4 Å². The van der Waals surface area contributed by atoms with Crippen molar-refractivity contribution in [3.63, 3.8) is 0 Å². The molecule has 5 heteroatoms. The Kier molecular flexibility index (Phi) is 2.97. The second-order valence-electron chi connectivity index (χ2n) is 4.34. The average Bonchev–Trinajstić information content (AvgIpc) is 2.60. The van der Waals surface area contributed by atoms with Gasteiger partial charge in [-0.3, -0.25) is 0 Å². The third-order valence-electron chi connectivity index (χ3n) is 2.61. The zero-order chi connectivity index (χ0) is 12.6. The van der Waals surface area contributed by atoms with Crippen molar-refractivity contribution in [1.82, 2.24) is 0 Å². The highest BCUT2D eigenvalue weighted by molar-refractivity contribution is 7.90. The molecule has 0 aliphatic heterocycles. The molecule has 1 aromatic carbocycles. The maximum Gasteiger partial charge on any atom is 0.149 e. The number of fused-ring (bicyclic) bond motifs is 1. The fourth-order valence-electron chi connectivity index (χ4n) is 1.82. The lowest BCUT2D eigenvalue weighted by molar-refractivity contribution is 0.507. The summed E-state index contributed by atoms with van der Waals surface area (Å²) in [6.45, 7) is 1.94. The monoisotopic (exact) mass is 253 g/mol. The van der Waals surface area contributed by atoms with Crippen molar-refractivity contribution in [1.29, 1.82) is 0 Å². The molecule has 1 aromatic heterocycles. The van der Waals surface area contributed by atoms with Crippen LogP contribution in [0.3, 0.4) is 0 Å². The Bertz CT molecular complexity index is 643. The summed E-state index contributed by atoms with van der Waals surface area (Å²) in [6, 6.07) is 6.98. The van der Waals surface area contributed by atoms with E-state index in [1.54, 1.807) is 6.07 Å². The van der Waals surface area contributed by atoms with Crippen molar-refractivity contribution < 1.29 is 12.8 Å². The van der Waals surface area contributed by atoms with Crippen molar-refractivity contribution in [2.24, 2.45) is 5.73 Å². The highest BCUT2D eigenvalue weighted by Gasteiger charge is 2.17. The van der Waals surface area contributed by atoms with Gasteiger partial charge in [-0.05, 0) is 18.6 Å². The van der Waals surface area contributed by atoms with E-state index in [9.17, 15) is 8.42 Å². The fraction of sp³-hybridized carbons (Fsp3) is 0.333. The van der Waals surface area contributed by atoms with Gasteiger partial charge in [0, 0.05) is 11.6 Å². The normalized spacial score (nSPS) is 14.1.